The summed E-state index contributed by atoms with van der Waals surface area (Å²) >= 11 is 0. The van der Waals surface area contributed by atoms with E-state index >= 15 is 0 Å². The Kier molecular flexibility index (Phi) is 9.98. The normalized spacial score (nSPS) is 25.5. The summed E-state index contributed by atoms with van der Waals surface area (Å²) in [6.45, 7) is 14.4. The first-order valence-corrected chi connectivity index (χ1v) is 15.1. The Morgan fingerprint density at radius 2 is 1.77 bits per heavy atom. The largest absolute Gasteiger partial charge is 0.368 e. The van der Waals surface area contributed by atoms with Crippen molar-refractivity contribution in [1.29, 1.82) is 0 Å². The zero-order chi connectivity index (χ0) is 28.9. The van der Waals surface area contributed by atoms with E-state index in [0.29, 0.717) is 35.8 Å². The Bertz CT molecular complexity index is 1090. The Morgan fingerprint density at radius 1 is 1.07 bits per heavy atom. The first-order chi connectivity index (χ1) is 19.0. The van der Waals surface area contributed by atoms with Gasteiger partial charge >= 0.3 is 0 Å². The van der Waals surface area contributed by atoms with E-state index in [9.17, 15) is 9.59 Å². The van der Waals surface area contributed by atoms with Crippen LogP contribution in [0.5, 0.6) is 0 Å². The van der Waals surface area contributed by atoms with Crippen LogP contribution in [0.25, 0.3) is 0 Å². The molecule has 0 radical (unpaired) electrons. The fraction of sp³-hybridized carbons (Fsp3) is 0.710. The SMILES string of the molecule is CC1CCC(C(C)C)C(OCC(=O)N(Cc2ccc(C(=O)Nc3nn[nH]n3)cc2)C2CCC(C(C)(C)C)CC2)C1. The van der Waals surface area contributed by atoms with Crippen LogP contribution in [-0.4, -0.2) is 56.1 Å². The maximum absolute atomic E-state index is 13.8. The molecule has 3 unspecified atom stereocenters. The summed E-state index contributed by atoms with van der Waals surface area (Å²) in [4.78, 5) is 28.4. The van der Waals surface area contributed by atoms with E-state index in [0.717, 1.165) is 37.7 Å². The maximum atomic E-state index is 13.8. The lowest BCUT2D eigenvalue weighted by molar-refractivity contribution is -0.145. The molecule has 2 saturated carbocycles. The minimum atomic E-state index is -0.309. The van der Waals surface area contributed by atoms with Crippen molar-refractivity contribution in [1.82, 2.24) is 25.5 Å². The van der Waals surface area contributed by atoms with Crippen molar-refractivity contribution in [2.45, 2.75) is 105 Å². The summed E-state index contributed by atoms with van der Waals surface area (Å²) in [6.07, 6.45) is 7.85. The summed E-state index contributed by atoms with van der Waals surface area (Å²) in [5, 5.41) is 15.9. The molecule has 0 spiro atoms. The third-order valence-corrected chi connectivity index (χ3v) is 9.20. The van der Waals surface area contributed by atoms with E-state index in [4.69, 9.17) is 4.74 Å². The highest BCUT2D eigenvalue weighted by Gasteiger charge is 2.35. The number of hydrogen-bond acceptors (Lipinski definition) is 6. The lowest BCUT2D eigenvalue weighted by Crippen LogP contribution is -2.45. The van der Waals surface area contributed by atoms with E-state index in [-0.39, 0.29) is 41.9 Å². The standard InChI is InChI=1S/C31H48N6O3/c1-20(2)26-16-7-21(3)17-27(26)40-19-28(38)37(25-14-12-24(13-15-25)31(4,5)6)18-22-8-10-23(11-9-22)29(39)32-30-33-35-36-34-30/h8-11,20-21,24-27H,7,12-19H2,1-6H3,(H2,32,33,34,35,36,39). The first-order valence-electron chi connectivity index (χ1n) is 15.1. The summed E-state index contributed by atoms with van der Waals surface area (Å²) in [5.74, 6) is 2.25. The van der Waals surface area contributed by atoms with Gasteiger partial charge in [0, 0.05) is 18.2 Å². The number of aromatic nitrogens is 4. The number of ether oxygens (including phenoxy) is 1. The van der Waals surface area contributed by atoms with Crippen LogP contribution in [0.1, 0.15) is 102 Å². The van der Waals surface area contributed by atoms with E-state index in [2.05, 4.69) is 67.5 Å². The number of rotatable bonds is 9. The molecule has 9 nitrogen and oxygen atoms in total. The fourth-order valence-electron chi connectivity index (χ4n) is 6.59. The van der Waals surface area contributed by atoms with Crippen LogP contribution in [0.2, 0.25) is 0 Å². The van der Waals surface area contributed by atoms with Crippen LogP contribution in [0.4, 0.5) is 5.95 Å². The van der Waals surface area contributed by atoms with Gasteiger partial charge in [-0.1, -0.05) is 65.2 Å². The highest BCUT2D eigenvalue weighted by molar-refractivity contribution is 6.03. The minimum Gasteiger partial charge on any atom is -0.368 e. The predicted molar refractivity (Wildman–Crippen MR) is 155 cm³/mol. The van der Waals surface area contributed by atoms with Crippen molar-refractivity contribution in [3.8, 4) is 0 Å². The van der Waals surface area contributed by atoms with E-state index in [1.165, 1.54) is 12.8 Å². The number of aromatic amines is 1. The van der Waals surface area contributed by atoms with Gasteiger partial charge in [0.25, 0.3) is 11.9 Å². The number of amides is 2. The molecule has 0 aliphatic heterocycles. The minimum absolute atomic E-state index is 0.0684. The third-order valence-electron chi connectivity index (χ3n) is 9.20. The number of benzene rings is 1. The Hall–Kier alpha value is -2.81. The van der Waals surface area contributed by atoms with Crippen LogP contribution >= 0.6 is 0 Å². The van der Waals surface area contributed by atoms with Gasteiger partial charge in [-0.3, -0.25) is 14.9 Å². The molecule has 2 amide bonds. The summed E-state index contributed by atoms with van der Waals surface area (Å²) in [6, 6.07) is 7.59. The van der Waals surface area contributed by atoms with Gasteiger partial charge in [-0.05, 0) is 90.5 Å². The molecule has 2 aliphatic carbocycles. The highest BCUT2D eigenvalue weighted by Crippen LogP contribution is 2.40. The van der Waals surface area contributed by atoms with Crippen molar-refractivity contribution in [2.75, 3.05) is 11.9 Å². The molecule has 1 heterocycles. The van der Waals surface area contributed by atoms with Crippen LogP contribution in [0.15, 0.2) is 24.3 Å². The van der Waals surface area contributed by atoms with E-state index in [1.807, 2.05) is 17.0 Å². The number of nitrogens with zero attached hydrogens (tertiary/aromatic N) is 4. The predicted octanol–water partition coefficient (Wildman–Crippen LogP) is 5.86. The summed E-state index contributed by atoms with van der Waals surface area (Å²) in [7, 11) is 0. The van der Waals surface area contributed by atoms with Crippen LogP contribution in [-0.2, 0) is 16.1 Å². The molecule has 2 N–H and O–H groups in total. The monoisotopic (exact) mass is 552 g/mol. The second kappa shape index (κ2) is 13.2. The van der Waals surface area contributed by atoms with Crippen LogP contribution < -0.4 is 5.32 Å². The zero-order valence-corrected chi connectivity index (χ0v) is 25.2. The van der Waals surface area contributed by atoms with Gasteiger partial charge in [0.1, 0.15) is 6.61 Å². The number of hydrogen-bond donors (Lipinski definition) is 2. The van der Waals surface area contributed by atoms with Gasteiger partial charge in [0.05, 0.1) is 6.10 Å². The van der Waals surface area contributed by atoms with Crippen molar-refractivity contribution in [2.24, 2.45) is 29.1 Å². The second-order valence-corrected chi connectivity index (χ2v) is 13.5. The van der Waals surface area contributed by atoms with Gasteiger partial charge in [-0.2, -0.15) is 5.21 Å². The molecule has 2 aliphatic rings. The molecule has 40 heavy (non-hydrogen) atoms. The van der Waals surface area contributed by atoms with Gasteiger partial charge < -0.3 is 9.64 Å². The summed E-state index contributed by atoms with van der Waals surface area (Å²) in [5.41, 5.74) is 1.77. The van der Waals surface area contributed by atoms with Crippen molar-refractivity contribution >= 4 is 17.8 Å². The summed E-state index contributed by atoms with van der Waals surface area (Å²) < 4.78 is 6.41. The number of H-pyrrole nitrogens is 1. The molecule has 0 bridgehead atoms. The quantitative estimate of drug-likeness (QED) is 0.403. The Morgan fingerprint density at radius 3 is 2.38 bits per heavy atom. The molecule has 3 atom stereocenters. The fourth-order valence-corrected chi connectivity index (χ4v) is 6.59. The zero-order valence-electron chi connectivity index (χ0n) is 25.2. The smallest absolute Gasteiger partial charge is 0.270 e. The number of anilines is 1. The molecule has 1 aromatic carbocycles. The molecule has 220 valence electrons. The molecule has 2 aromatic rings. The molecule has 0 saturated heterocycles. The number of nitrogens with one attached hydrogen (secondary N) is 2. The van der Waals surface area contributed by atoms with E-state index in [1.54, 1.807) is 12.1 Å². The lowest BCUT2D eigenvalue weighted by atomic mass is 9.71. The van der Waals surface area contributed by atoms with Crippen LogP contribution in [0.3, 0.4) is 0 Å². The van der Waals surface area contributed by atoms with Gasteiger partial charge in [0.2, 0.25) is 5.91 Å². The number of carbonyl (C=O) groups excluding carboxylic acids is 2. The van der Waals surface area contributed by atoms with Crippen LogP contribution in [0, 0.1) is 29.1 Å². The Balaban J connectivity index is 1.44. The molecule has 1 aromatic heterocycles. The van der Waals surface area contributed by atoms with Gasteiger partial charge in [0.15, 0.2) is 0 Å². The van der Waals surface area contributed by atoms with E-state index < -0.39 is 0 Å². The topological polar surface area (TPSA) is 113 Å². The van der Waals surface area contributed by atoms with Crippen molar-refractivity contribution in [3.63, 3.8) is 0 Å². The second-order valence-electron chi connectivity index (χ2n) is 13.5. The highest BCUT2D eigenvalue weighted by atomic mass is 16.5. The number of carbonyl (C=O) groups is 2. The molecular weight excluding hydrogens is 504 g/mol. The lowest BCUT2D eigenvalue weighted by Gasteiger charge is -2.42. The average Bonchev–Trinajstić information content (AvgIpc) is 3.43. The first kappa shape index (κ1) is 30.2. The third kappa shape index (κ3) is 7.89. The van der Waals surface area contributed by atoms with Gasteiger partial charge in [-0.15, -0.1) is 5.10 Å². The maximum Gasteiger partial charge on any atom is 0.270 e. The van der Waals surface area contributed by atoms with Crippen molar-refractivity contribution in [3.05, 3.63) is 35.4 Å². The number of tetrazole rings is 1. The molecule has 2 fully saturated rings. The Labute approximate surface area is 239 Å². The average molecular weight is 553 g/mol. The molecule has 4 rings (SSSR count). The molecule has 9 heteroatoms. The van der Waals surface area contributed by atoms with Crippen molar-refractivity contribution < 1.29 is 14.3 Å². The van der Waals surface area contributed by atoms with Gasteiger partial charge in [-0.25, -0.2) is 0 Å². The molecular formula is C31H48N6O3.